The summed E-state index contributed by atoms with van der Waals surface area (Å²) in [5.74, 6) is -1.22. The largest absolute Gasteiger partial charge is 0.459 e. The number of carbonyl (C=O) groups excluding carboxylic acids is 3. The van der Waals surface area contributed by atoms with E-state index in [1.165, 1.54) is 0 Å². The van der Waals surface area contributed by atoms with Gasteiger partial charge >= 0.3 is 11.9 Å². The van der Waals surface area contributed by atoms with Gasteiger partial charge in [-0.25, -0.2) is 4.79 Å². The van der Waals surface area contributed by atoms with Crippen LogP contribution in [0.4, 0.5) is 5.69 Å². The molecular weight excluding hydrogens is 298 g/mol. The van der Waals surface area contributed by atoms with Gasteiger partial charge in [0.2, 0.25) is 0 Å². The van der Waals surface area contributed by atoms with Crippen LogP contribution in [-0.4, -0.2) is 30.6 Å². The van der Waals surface area contributed by atoms with Crippen molar-refractivity contribution in [1.29, 1.82) is 0 Å². The minimum atomic E-state index is -0.424. The van der Waals surface area contributed by atoms with E-state index in [2.05, 4.69) is 5.32 Å². The Hall–Kier alpha value is -2.37. The predicted molar refractivity (Wildman–Crippen MR) is 86.1 cm³/mol. The van der Waals surface area contributed by atoms with Gasteiger partial charge in [0.25, 0.3) is 5.91 Å². The summed E-state index contributed by atoms with van der Waals surface area (Å²) in [6, 6.07) is 6.31. The highest BCUT2D eigenvalue weighted by atomic mass is 16.5. The monoisotopic (exact) mass is 321 g/mol. The fourth-order valence-corrected chi connectivity index (χ4v) is 1.71. The summed E-state index contributed by atoms with van der Waals surface area (Å²) in [6.07, 6.45) is 1.77. The van der Waals surface area contributed by atoms with Gasteiger partial charge in [-0.2, -0.15) is 0 Å². The lowest BCUT2D eigenvalue weighted by Crippen LogP contribution is -2.20. The Labute approximate surface area is 136 Å². The number of unbranched alkanes of at least 4 members (excludes halogenated alkanes) is 1. The Morgan fingerprint density at radius 1 is 1.13 bits per heavy atom. The zero-order valence-electron chi connectivity index (χ0n) is 13.8. The third-order valence-corrected chi connectivity index (χ3v) is 2.85. The van der Waals surface area contributed by atoms with Crippen molar-refractivity contribution in [3.05, 3.63) is 29.8 Å². The van der Waals surface area contributed by atoms with Crippen LogP contribution < -0.4 is 5.32 Å². The maximum absolute atomic E-state index is 11.7. The molecule has 0 heterocycles. The minimum Gasteiger partial charge on any atom is -0.459 e. The predicted octanol–water partition coefficient (Wildman–Crippen LogP) is 2.92. The second-order valence-corrected chi connectivity index (χ2v) is 5.34. The molecule has 0 saturated heterocycles. The molecule has 1 amide bonds. The van der Waals surface area contributed by atoms with Gasteiger partial charge < -0.3 is 14.8 Å². The summed E-state index contributed by atoms with van der Waals surface area (Å²) in [5, 5.41) is 2.59. The number of carbonyl (C=O) groups is 3. The van der Waals surface area contributed by atoms with Crippen LogP contribution in [0.3, 0.4) is 0 Å². The third-order valence-electron chi connectivity index (χ3n) is 2.85. The number of ether oxygens (including phenoxy) is 2. The SMILES string of the molecule is CCCCC(=O)OCC(=O)Nc1ccc(C(=O)OC(C)C)cc1. The van der Waals surface area contributed by atoms with Crippen LogP contribution in [0.5, 0.6) is 0 Å². The third kappa shape index (κ3) is 7.44. The molecule has 0 bridgehead atoms. The zero-order chi connectivity index (χ0) is 17.2. The van der Waals surface area contributed by atoms with Crippen molar-refractivity contribution in [3.8, 4) is 0 Å². The molecule has 23 heavy (non-hydrogen) atoms. The number of benzene rings is 1. The highest BCUT2D eigenvalue weighted by molar-refractivity contribution is 5.94. The molecule has 0 aliphatic heterocycles. The topological polar surface area (TPSA) is 81.7 Å². The zero-order valence-corrected chi connectivity index (χ0v) is 13.8. The summed E-state index contributed by atoms with van der Waals surface area (Å²) in [5.41, 5.74) is 0.920. The highest BCUT2D eigenvalue weighted by Gasteiger charge is 2.10. The lowest BCUT2D eigenvalue weighted by molar-refractivity contribution is -0.147. The highest BCUT2D eigenvalue weighted by Crippen LogP contribution is 2.11. The van der Waals surface area contributed by atoms with Crippen LogP contribution in [0.15, 0.2) is 24.3 Å². The van der Waals surface area contributed by atoms with Crippen molar-refractivity contribution in [2.75, 3.05) is 11.9 Å². The molecule has 0 saturated carbocycles. The summed E-state index contributed by atoms with van der Waals surface area (Å²) >= 11 is 0. The van der Waals surface area contributed by atoms with Crippen molar-refractivity contribution >= 4 is 23.5 Å². The lowest BCUT2D eigenvalue weighted by atomic mass is 10.2. The lowest BCUT2D eigenvalue weighted by Gasteiger charge is -2.09. The molecule has 0 radical (unpaired) electrons. The van der Waals surface area contributed by atoms with E-state index in [-0.39, 0.29) is 18.7 Å². The van der Waals surface area contributed by atoms with Crippen LogP contribution in [0.1, 0.15) is 50.4 Å². The Morgan fingerprint density at radius 3 is 2.35 bits per heavy atom. The summed E-state index contributed by atoms with van der Waals surface area (Å²) < 4.78 is 9.93. The van der Waals surface area contributed by atoms with E-state index in [1.54, 1.807) is 38.1 Å². The van der Waals surface area contributed by atoms with Crippen molar-refractivity contribution < 1.29 is 23.9 Å². The molecule has 0 aromatic heterocycles. The first-order valence-electron chi connectivity index (χ1n) is 7.69. The summed E-state index contributed by atoms with van der Waals surface area (Å²) in [7, 11) is 0. The van der Waals surface area contributed by atoms with E-state index in [0.29, 0.717) is 17.7 Å². The number of esters is 2. The Morgan fingerprint density at radius 2 is 1.78 bits per heavy atom. The van der Waals surface area contributed by atoms with Crippen LogP contribution in [0, 0.1) is 0 Å². The second kappa shape index (κ2) is 9.61. The summed E-state index contributed by atoms with van der Waals surface area (Å²) in [4.78, 5) is 34.7. The molecule has 1 rings (SSSR count). The first kappa shape index (κ1) is 18.7. The smallest absolute Gasteiger partial charge is 0.338 e. The minimum absolute atomic E-state index is 0.190. The quantitative estimate of drug-likeness (QED) is 0.744. The van der Waals surface area contributed by atoms with Gasteiger partial charge in [-0.1, -0.05) is 13.3 Å². The van der Waals surface area contributed by atoms with Crippen molar-refractivity contribution in [2.24, 2.45) is 0 Å². The van der Waals surface area contributed by atoms with E-state index < -0.39 is 11.9 Å². The normalized spacial score (nSPS) is 10.3. The Bertz CT molecular complexity index is 536. The molecule has 6 nitrogen and oxygen atoms in total. The van der Waals surface area contributed by atoms with E-state index >= 15 is 0 Å². The average Bonchev–Trinajstić information content (AvgIpc) is 2.51. The summed E-state index contributed by atoms with van der Waals surface area (Å²) in [6.45, 7) is 5.20. The van der Waals surface area contributed by atoms with Crippen molar-refractivity contribution in [2.45, 2.75) is 46.1 Å². The number of hydrogen-bond donors (Lipinski definition) is 1. The standard InChI is InChI=1S/C17H23NO5/c1-4-5-6-16(20)22-11-15(19)18-14-9-7-13(8-10-14)17(21)23-12(2)3/h7-10,12H,4-6,11H2,1-3H3,(H,18,19). The van der Waals surface area contributed by atoms with Crippen LogP contribution in [0.2, 0.25) is 0 Å². The number of hydrogen-bond acceptors (Lipinski definition) is 5. The van der Waals surface area contributed by atoms with Crippen LogP contribution in [-0.2, 0) is 19.1 Å². The second-order valence-electron chi connectivity index (χ2n) is 5.34. The molecule has 0 aliphatic carbocycles. The fourth-order valence-electron chi connectivity index (χ4n) is 1.71. The number of rotatable bonds is 8. The molecule has 6 heteroatoms. The van der Waals surface area contributed by atoms with E-state index in [9.17, 15) is 14.4 Å². The first-order valence-corrected chi connectivity index (χ1v) is 7.69. The first-order chi connectivity index (χ1) is 10.9. The molecule has 0 spiro atoms. The van der Waals surface area contributed by atoms with E-state index in [1.807, 2.05) is 6.92 Å². The molecule has 1 aromatic rings. The Kier molecular flexibility index (Phi) is 7.80. The van der Waals surface area contributed by atoms with Gasteiger partial charge in [0, 0.05) is 12.1 Å². The van der Waals surface area contributed by atoms with Gasteiger partial charge in [0.1, 0.15) is 0 Å². The van der Waals surface area contributed by atoms with Crippen LogP contribution in [0.25, 0.3) is 0 Å². The van der Waals surface area contributed by atoms with Crippen molar-refractivity contribution in [1.82, 2.24) is 0 Å². The maximum atomic E-state index is 11.7. The molecule has 0 aliphatic rings. The number of amides is 1. The van der Waals surface area contributed by atoms with E-state index in [4.69, 9.17) is 9.47 Å². The van der Waals surface area contributed by atoms with Crippen LogP contribution >= 0.6 is 0 Å². The average molecular weight is 321 g/mol. The number of nitrogens with one attached hydrogen (secondary N) is 1. The van der Waals surface area contributed by atoms with Gasteiger partial charge in [-0.3, -0.25) is 9.59 Å². The molecule has 0 unspecified atom stereocenters. The molecular formula is C17H23NO5. The number of anilines is 1. The van der Waals surface area contributed by atoms with Crippen molar-refractivity contribution in [3.63, 3.8) is 0 Å². The molecule has 0 fully saturated rings. The van der Waals surface area contributed by atoms with E-state index in [0.717, 1.165) is 12.8 Å². The molecule has 126 valence electrons. The molecule has 0 atom stereocenters. The molecule has 1 N–H and O–H groups in total. The van der Waals surface area contributed by atoms with Gasteiger partial charge in [-0.05, 0) is 44.5 Å². The Balaban J connectivity index is 2.44. The fraction of sp³-hybridized carbons (Fsp3) is 0.471. The molecule has 1 aromatic carbocycles. The van der Waals surface area contributed by atoms with Gasteiger partial charge in [-0.15, -0.1) is 0 Å². The van der Waals surface area contributed by atoms with Gasteiger partial charge in [0.15, 0.2) is 6.61 Å². The maximum Gasteiger partial charge on any atom is 0.338 e. The van der Waals surface area contributed by atoms with Gasteiger partial charge in [0.05, 0.1) is 11.7 Å².